The van der Waals surface area contributed by atoms with Gasteiger partial charge in [0.25, 0.3) is 0 Å². The van der Waals surface area contributed by atoms with Gasteiger partial charge in [0.2, 0.25) is 0 Å². The molecule has 0 amide bonds. The third-order valence-electron chi connectivity index (χ3n) is 4.71. The van der Waals surface area contributed by atoms with E-state index >= 15 is 0 Å². The van der Waals surface area contributed by atoms with Gasteiger partial charge in [-0.2, -0.15) is 0 Å². The lowest BCUT2D eigenvalue weighted by Crippen LogP contribution is -2.18. The molecule has 0 aliphatic heterocycles. The molecule has 142 valence electrons. The molecule has 5 nitrogen and oxygen atoms in total. The molecule has 1 rings (SSSR count). The highest BCUT2D eigenvalue weighted by molar-refractivity contribution is 5.84. The number of hydrogen-bond acceptors (Lipinski definition) is 4. The van der Waals surface area contributed by atoms with Crippen molar-refractivity contribution in [2.24, 2.45) is 11.8 Å². The Labute approximate surface area is 150 Å². The number of carboxylic acid groups (broad SMARTS) is 1. The lowest BCUT2D eigenvalue weighted by atomic mass is 9.90. The van der Waals surface area contributed by atoms with Crippen LogP contribution in [0.3, 0.4) is 0 Å². The first kappa shape index (κ1) is 21.6. The molecule has 0 radical (unpaired) electrons. The molecule has 2 unspecified atom stereocenters. The topological polar surface area (TPSA) is 94.8 Å². The summed E-state index contributed by atoms with van der Waals surface area (Å²) in [6.45, 7) is 2.11. The molecule has 5 heteroatoms. The molecule has 0 saturated heterocycles. The van der Waals surface area contributed by atoms with Crippen molar-refractivity contribution in [2.45, 2.75) is 76.9 Å². The number of aliphatic carboxylic acids is 1. The number of aliphatic hydroxyl groups is 2. The monoisotopic (exact) mass is 352 g/mol. The first-order chi connectivity index (χ1) is 12.0. The fourth-order valence-electron chi connectivity index (χ4n) is 3.22. The molecular formula is C20H32O5. The number of unbranched alkanes of at least 4 members (excludes halogenated alkanes) is 3. The van der Waals surface area contributed by atoms with E-state index in [0.29, 0.717) is 25.7 Å². The van der Waals surface area contributed by atoms with Crippen molar-refractivity contribution in [1.29, 1.82) is 0 Å². The van der Waals surface area contributed by atoms with E-state index in [9.17, 15) is 19.8 Å². The molecule has 0 heterocycles. The van der Waals surface area contributed by atoms with Gasteiger partial charge in [-0.1, -0.05) is 50.5 Å². The van der Waals surface area contributed by atoms with E-state index < -0.39 is 18.2 Å². The van der Waals surface area contributed by atoms with Gasteiger partial charge in [0.15, 0.2) is 0 Å². The van der Waals surface area contributed by atoms with Crippen LogP contribution in [0.5, 0.6) is 0 Å². The minimum Gasteiger partial charge on any atom is -0.481 e. The maximum atomic E-state index is 12.1. The van der Waals surface area contributed by atoms with Gasteiger partial charge in [0.05, 0.1) is 12.2 Å². The standard InChI is InChI=1S/C20H32O5/c1-2-3-6-9-15(21)12-13-17-16(18(22)14-19(17)23)10-7-4-5-8-11-20(24)25/h4,7,12-13,15-17,19,21,23H,2-3,5-6,8-11,14H2,1H3,(H,24,25)/b7-4+,13-12+/t15?,16-,17-,19?/m1/s1. The average Bonchev–Trinajstić information content (AvgIpc) is 2.82. The summed E-state index contributed by atoms with van der Waals surface area (Å²) in [5, 5.41) is 28.7. The van der Waals surface area contributed by atoms with E-state index in [1.54, 1.807) is 12.2 Å². The maximum absolute atomic E-state index is 12.1. The summed E-state index contributed by atoms with van der Waals surface area (Å²) in [5.74, 6) is -1.26. The molecule has 25 heavy (non-hydrogen) atoms. The van der Waals surface area contributed by atoms with Crippen LogP contribution >= 0.6 is 0 Å². The van der Waals surface area contributed by atoms with Crippen molar-refractivity contribution in [3.05, 3.63) is 24.3 Å². The largest absolute Gasteiger partial charge is 0.481 e. The Morgan fingerprint density at radius 3 is 2.72 bits per heavy atom. The Kier molecular flexibility index (Phi) is 10.3. The van der Waals surface area contributed by atoms with Gasteiger partial charge in [0, 0.05) is 24.7 Å². The number of allylic oxidation sites excluding steroid dienone is 2. The zero-order chi connectivity index (χ0) is 18.7. The summed E-state index contributed by atoms with van der Waals surface area (Å²) in [4.78, 5) is 22.5. The van der Waals surface area contributed by atoms with Gasteiger partial charge >= 0.3 is 5.97 Å². The summed E-state index contributed by atoms with van der Waals surface area (Å²) >= 11 is 0. The van der Waals surface area contributed by atoms with Gasteiger partial charge < -0.3 is 15.3 Å². The Hall–Kier alpha value is -1.46. The van der Waals surface area contributed by atoms with Crippen LogP contribution in [0.25, 0.3) is 0 Å². The molecule has 0 aromatic carbocycles. The summed E-state index contributed by atoms with van der Waals surface area (Å²) in [6.07, 6.45) is 12.1. The van der Waals surface area contributed by atoms with Crippen LogP contribution in [-0.2, 0) is 9.59 Å². The van der Waals surface area contributed by atoms with E-state index in [4.69, 9.17) is 5.11 Å². The number of carbonyl (C=O) groups excluding carboxylic acids is 1. The zero-order valence-electron chi connectivity index (χ0n) is 15.1. The van der Waals surface area contributed by atoms with Crippen molar-refractivity contribution in [1.82, 2.24) is 0 Å². The summed E-state index contributed by atoms with van der Waals surface area (Å²) < 4.78 is 0. The lowest BCUT2D eigenvalue weighted by molar-refractivity contribution is -0.137. The molecular weight excluding hydrogens is 320 g/mol. The second-order valence-electron chi connectivity index (χ2n) is 6.86. The molecule has 1 saturated carbocycles. The number of aliphatic hydroxyl groups excluding tert-OH is 2. The predicted molar refractivity (Wildman–Crippen MR) is 97.1 cm³/mol. The van der Waals surface area contributed by atoms with Crippen LogP contribution in [0, 0.1) is 11.8 Å². The van der Waals surface area contributed by atoms with E-state index in [1.165, 1.54) is 0 Å². The molecule has 4 atom stereocenters. The lowest BCUT2D eigenvalue weighted by Gasteiger charge is -2.16. The van der Waals surface area contributed by atoms with Gasteiger partial charge in [-0.05, 0) is 25.7 Å². The van der Waals surface area contributed by atoms with Gasteiger partial charge in [-0.15, -0.1) is 0 Å². The molecule has 0 aromatic heterocycles. The number of carboxylic acids is 1. The van der Waals surface area contributed by atoms with Crippen LogP contribution in [-0.4, -0.2) is 39.3 Å². The van der Waals surface area contributed by atoms with Crippen molar-refractivity contribution in [2.75, 3.05) is 0 Å². The molecule has 0 spiro atoms. The maximum Gasteiger partial charge on any atom is 0.303 e. The van der Waals surface area contributed by atoms with E-state index in [1.807, 2.05) is 12.2 Å². The van der Waals surface area contributed by atoms with Crippen LogP contribution in [0.1, 0.15) is 64.7 Å². The summed E-state index contributed by atoms with van der Waals surface area (Å²) in [5.41, 5.74) is 0. The predicted octanol–water partition coefficient (Wildman–Crippen LogP) is 3.25. The number of carbonyl (C=O) groups is 2. The molecule has 0 bridgehead atoms. The number of rotatable bonds is 12. The van der Waals surface area contributed by atoms with Gasteiger partial charge in [-0.25, -0.2) is 0 Å². The van der Waals surface area contributed by atoms with E-state index in [0.717, 1.165) is 19.3 Å². The smallest absolute Gasteiger partial charge is 0.303 e. The highest BCUT2D eigenvalue weighted by Gasteiger charge is 2.39. The first-order valence-corrected chi connectivity index (χ1v) is 9.39. The Balaban J connectivity index is 2.48. The average molecular weight is 352 g/mol. The third-order valence-corrected chi connectivity index (χ3v) is 4.71. The minimum absolute atomic E-state index is 0.0535. The SMILES string of the molecule is CCCCCC(O)/C=C/[C@H]1C(O)CC(=O)[C@@H]1C/C=C/CCCC(=O)O. The van der Waals surface area contributed by atoms with Crippen LogP contribution in [0.2, 0.25) is 0 Å². The quantitative estimate of drug-likeness (QED) is 0.370. The Morgan fingerprint density at radius 1 is 1.28 bits per heavy atom. The molecule has 0 aromatic rings. The van der Waals surface area contributed by atoms with Crippen LogP contribution in [0.15, 0.2) is 24.3 Å². The molecule has 1 aliphatic carbocycles. The van der Waals surface area contributed by atoms with Crippen molar-refractivity contribution in [3.63, 3.8) is 0 Å². The molecule has 1 fully saturated rings. The second kappa shape index (κ2) is 12.0. The third kappa shape index (κ3) is 8.45. The number of Topliss-reactive ketones (excluding diaryl/α,β-unsaturated/α-hetero) is 1. The highest BCUT2D eigenvalue weighted by Crippen LogP contribution is 2.33. The van der Waals surface area contributed by atoms with E-state index in [2.05, 4.69) is 6.92 Å². The van der Waals surface area contributed by atoms with Crippen LogP contribution in [0.4, 0.5) is 0 Å². The normalized spacial score (nSPS) is 25.2. The van der Waals surface area contributed by atoms with Crippen molar-refractivity contribution in [3.8, 4) is 0 Å². The van der Waals surface area contributed by atoms with Crippen molar-refractivity contribution < 1.29 is 24.9 Å². The van der Waals surface area contributed by atoms with Crippen LogP contribution < -0.4 is 0 Å². The number of ketones is 1. The Morgan fingerprint density at radius 2 is 2.04 bits per heavy atom. The fourth-order valence-corrected chi connectivity index (χ4v) is 3.22. The summed E-state index contributed by atoms with van der Waals surface area (Å²) in [7, 11) is 0. The summed E-state index contributed by atoms with van der Waals surface area (Å²) in [6, 6.07) is 0. The van der Waals surface area contributed by atoms with Crippen molar-refractivity contribution >= 4 is 11.8 Å². The fraction of sp³-hybridized carbons (Fsp3) is 0.700. The molecule has 3 N–H and O–H groups in total. The number of hydrogen-bond donors (Lipinski definition) is 3. The Bertz CT molecular complexity index is 469. The van der Waals surface area contributed by atoms with Gasteiger partial charge in [-0.3, -0.25) is 9.59 Å². The highest BCUT2D eigenvalue weighted by atomic mass is 16.4. The first-order valence-electron chi connectivity index (χ1n) is 9.39. The minimum atomic E-state index is -0.801. The zero-order valence-corrected chi connectivity index (χ0v) is 15.1. The molecule has 1 aliphatic rings. The second-order valence-corrected chi connectivity index (χ2v) is 6.86. The van der Waals surface area contributed by atoms with Gasteiger partial charge in [0.1, 0.15) is 5.78 Å². The van der Waals surface area contributed by atoms with E-state index in [-0.39, 0.29) is 30.5 Å².